The molecule has 3 aromatic heterocycles. The fourth-order valence-corrected chi connectivity index (χ4v) is 4.98. The third-order valence-corrected chi connectivity index (χ3v) is 6.49. The maximum Gasteiger partial charge on any atom is 0.252 e. The van der Waals surface area contributed by atoms with E-state index >= 15 is 0 Å². The summed E-state index contributed by atoms with van der Waals surface area (Å²) >= 11 is 3.16. The second-order valence-corrected chi connectivity index (χ2v) is 8.87. The highest BCUT2D eigenvalue weighted by Gasteiger charge is 2.20. The van der Waals surface area contributed by atoms with Crippen LogP contribution < -0.4 is 5.32 Å². The van der Waals surface area contributed by atoms with Gasteiger partial charge >= 0.3 is 0 Å². The molecule has 1 saturated carbocycles. The normalized spacial score (nSPS) is 15.0. The second kappa shape index (κ2) is 7.71. The first-order valence-electron chi connectivity index (χ1n) is 8.74. The van der Waals surface area contributed by atoms with E-state index in [1.165, 1.54) is 25.7 Å². The molecule has 1 fully saturated rings. The zero-order valence-corrected chi connectivity index (χ0v) is 16.1. The number of aryl methyl sites for hydroxylation is 1. The lowest BCUT2D eigenvalue weighted by Crippen LogP contribution is -2.25. The predicted molar refractivity (Wildman–Crippen MR) is 103 cm³/mol. The van der Waals surface area contributed by atoms with Gasteiger partial charge in [0.1, 0.15) is 10.5 Å². The molecule has 3 heterocycles. The summed E-state index contributed by atoms with van der Waals surface area (Å²) in [5.41, 5.74) is 2.20. The van der Waals surface area contributed by atoms with Crippen molar-refractivity contribution in [3.05, 3.63) is 29.2 Å². The van der Waals surface area contributed by atoms with E-state index in [0.717, 1.165) is 26.3 Å². The van der Waals surface area contributed by atoms with E-state index in [4.69, 9.17) is 0 Å². The van der Waals surface area contributed by atoms with E-state index in [-0.39, 0.29) is 5.91 Å². The van der Waals surface area contributed by atoms with Gasteiger partial charge in [0.25, 0.3) is 5.91 Å². The highest BCUT2D eigenvalue weighted by molar-refractivity contribution is 8.01. The van der Waals surface area contributed by atoms with Gasteiger partial charge in [0, 0.05) is 24.5 Å². The van der Waals surface area contributed by atoms with Crippen molar-refractivity contribution in [1.82, 2.24) is 30.0 Å². The van der Waals surface area contributed by atoms with Crippen molar-refractivity contribution >= 4 is 40.2 Å². The third kappa shape index (κ3) is 3.73. The van der Waals surface area contributed by atoms with Crippen molar-refractivity contribution in [2.45, 2.75) is 43.0 Å². The number of amides is 1. The Balaban J connectivity index is 1.36. The van der Waals surface area contributed by atoms with Crippen molar-refractivity contribution in [2.75, 3.05) is 12.3 Å². The van der Waals surface area contributed by atoms with Crippen LogP contribution in [0.4, 0.5) is 0 Å². The molecule has 0 aliphatic heterocycles. The largest absolute Gasteiger partial charge is 0.351 e. The van der Waals surface area contributed by atoms with Crippen LogP contribution in [0.1, 0.15) is 47.1 Å². The summed E-state index contributed by atoms with van der Waals surface area (Å²) in [6.45, 7) is 2.50. The number of fused-ring (bicyclic) bond motifs is 1. The van der Waals surface area contributed by atoms with E-state index in [9.17, 15) is 4.79 Å². The number of rotatable bonds is 6. The van der Waals surface area contributed by atoms with Gasteiger partial charge in [-0.1, -0.05) is 35.9 Å². The molecule has 0 unspecified atom stereocenters. The number of nitrogens with one attached hydrogen (secondary N) is 1. The molecule has 26 heavy (non-hydrogen) atoms. The summed E-state index contributed by atoms with van der Waals surface area (Å²) in [5, 5.41) is 11.9. The summed E-state index contributed by atoms with van der Waals surface area (Å²) in [6, 6.07) is 2.32. The van der Waals surface area contributed by atoms with Crippen LogP contribution in [0.15, 0.2) is 22.9 Å². The molecule has 1 N–H and O–H groups in total. The molecule has 0 aromatic carbocycles. The van der Waals surface area contributed by atoms with Crippen LogP contribution in [-0.4, -0.2) is 42.9 Å². The maximum absolute atomic E-state index is 12.3. The smallest absolute Gasteiger partial charge is 0.252 e. The van der Waals surface area contributed by atoms with Crippen LogP contribution in [0.5, 0.6) is 0 Å². The quantitative estimate of drug-likeness (QED) is 0.515. The van der Waals surface area contributed by atoms with Crippen molar-refractivity contribution in [3.8, 4) is 0 Å². The molecule has 0 atom stereocenters. The molecule has 4 rings (SSSR count). The average molecular weight is 389 g/mol. The van der Waals surface area contributed by atoms with E-state index in [2.05, 4.69) is 30.0 Å². The number of hydrogen-bond donors (Lipinski definition) is 1. The SMILES string of the molecule is Cc1nnc(SCCNC(=O)c2cnc3c(c2)ncn3C2CCCC2)s1. The molecule has 1 amide bonds. The Morgan fingerprint density at radius 1 is 1.35 bits per heavy atom. The van der Waals surface area contributed by atoms with Gasteiger partial charge in [-0.05, 0) is 25.8 Å². The topological polar surface area (TPSA) is 85.6 Å². The maximum atomic E-state index is 12.3. The minimum atomic E-state index is -0.121. The van der Waals surface area contributed by atoms with Crippen molar-refractivity contribution in [1.29, 1.82) is 0 Å². The lowest BCUT2D eigenvalue weighted by atomic mass is 10.2. The molecule has 0 bridgehead atoms. The van der Waals surface area contributed by atoms with Gasteiger partial charge in [-0.25, -0.2) is 9.97 Å². The van der Waals surface area contributed by atoms with Gasteiger partial charge in [0.05, 0.1) is 11.9 Å². The molecule has 1 aliphatic rings. The van der Waals surface area contributed by atoms with E-state index in [1.807, 2.05) is 19.3 Å². The zero-order valence-electron chi connectivity index (χ0n) is 14.5. The summed E-state index contributed by atoms with van der Waals surface area (Å²) in [7, 11) is 0. The number of carbonyl (C=O) groups excluding carboxylic acids is 1. The number of aromatic nitrogens is 5. The number of thioether (sulfide) groups is 1. The predicted octanol–water partition coefficient (Wildman–Crippen LogP) is 3.23. The molecular weight excluding hydrogens is 368 g/mol. The highest BCUT2D eigenvalue weighted by Crippen LogP contribution is 2.31. The summed E-state index contributed by atoms with van der Waals surface area (Å²) < 4.78 is 3.09. The number of hydrogen-bond acceptors (Lipinski definition) is 7. The molecule has 0 spiro atoms. The Bertz CT molecular complexity index is 915. The number of pyridine rings is 1. The monoisotopic (exact) mass is 388 g/mol. The second-order valence-electron chi connectivity index (χ2n) is 6.35. The summed E-state index contributed by atoms with van der Waals surface area (Å²) in [4.78, 5) is 21.3. The Labute approximate surface area is 159 Å². The summed E-state index contributed by atoms with van der Waals surface area (Å²) in [6.07, 6.45) is 8.39. The number of imidazole rings is 1. The molecule has 7 nitrogen and oxygen atoms in total. The van der Waals surface area contributed by atoms with Gasteiger partial charge in [0.2, 0.25) is 0 Å². The van der Waals surface area contributed by atoms with Crippen molar-refractivity contribution in [2.24, 2.45) is 0 Å². The summed E-state index contributed by atoms with van der Waals surface area (Å²) in [5.74, 6) is 0.635. The average Bonchev–Trinajstić information content (AvgIpc) is 3.38. The first kappa shape index (κ1) is 17.4. The van der Waals surface area contributed by atoms with E-state index in [1.54, 1.807) is 29.3 Å². The lowest BCUT2D eigenvalue weighted by Gasteiger charge is -2.11. The Morgan fingerprint density at radius 3 is 2.96 bits per heavy atom. The first-order chi connectivity index (χ1) is 12.7. The minimum Gasteiger partial charge on any atom is -0.351 e. The van der Waals surface area contributed by atoms with Crippen LogP contribution in [0.2, 0.25) is 0 Å². The molecule has 136 valence electrons. The van der Waals surface area contributed by atoms with Crippen molar-refractivity contribution < 1.29 is 4.79 Å². The zero-order chi connectivity index (χ0) is 17.9. The van der Waals surface area contributed by atoms with Gasteiger partial charge < -0.3 is 9.88 Å². The minimum absolute atomic E-state index is 0.121. The fourth-order valence-electron chi connectivity index (χ4n) is 3.23. The highest BCUT2D eigenvalue weighted by atomic mass is 32.2. The van der Waals surface area contributed by atoms with Gasteiger partial charge in [0.15, 0.2) is 9.99 Å². The van der Waals surface area contributed by atoms with Gasteiger partial charge in [-0.15, -0.1) is 10.2 Å². The molecule has 1 aliphatic carbocycles. The molecular formula is C17H20N6OS2. The number of nitrogens with zero attached hydrogens (tertiary/aromatic N) is 5. The van der Waals surface area contributed by atoms with Crippen LogP contribution in [0.25, 0.3) is 11.2 Å². The van der Waals surface area contributed by atoms with Gasteiger partial charge in [-0.2, -0.15) is 0 Å². The van der Waals surface area contributed by atoms with E-state index < -0.39 is 0 Å². The van der Waals surface area contributed by atoms with Crippen LogP contribution >= 0.6 is 23.1 Å². The van der Waals surface area contributed by atoms with E-state index in [0.29, 0.717) is 18.2 Å². The molecule has 0 radical (unpaired) electrons. The van der Waals surface area contributed by atoms with Gasteiger partial charge in [-0.3, -0.25) is 4.79 Å². The number of carbonyl (C=O) groups is 1. The fraction of sp³-hybridized carbons (Fsp3) is 0.471. The molecule has 9 heteroatoms. The van der Waals surface area contributed by atoms with Crippen LogP contribution in [-0.2, 0) is 0 Å². The van der Waals surface area contributed by atoms with Crippen LogP contribution in [0, 0.1) is 6.92 Å². The Hall–Kier alpha value is -2.00. The molecule has 0 saturated heterocycles. The Morgan fingerprint density at radius 2 is 2.19 bits per heavy atom. The Kier molecular flexibility index (Phi) is 5.16. The van der Waals surface area contributed by atoms with Crippen LogP contribution in [0.3, 0.4) is 0 Å². The standard InChI is InChI=1S/C17H20N6OS2/c1-11-21-22-17(26-11)25-7-6-18-16(24)12-8-14-15(19-9-12)23(10-20-14)13-4-2-3-5-13/h8-10,13H,2-7H2,1H3,(H,18,24). The first-order valence-corrected chi connectivity index (χ1v) is 10.5. The lowest BCUT2D eigenvalue weighted by molar-refractivity contribution is 0.0956. The third-order valence-electron chi connectivity index (χ3n) is 4.51. The molecule has 3 aromatic rings. The van der Waals surface area contributed by atoms with Crippen molar-refractivity contribution in [3.63, 3.8) is 0 Å².